The van der Waals surface area contributed by atoms with E-state index in [-0.39, 0.29) is 5.78 Å². The van der Waals surface area contributed by atoms with Gasteiger partial charge in [0.05, 0.1) is 11.2 Å². The number of pyridine rings is 1. The number of carbonyl (C=O) groups excluding carboxylic acids is 1. The number of carbonyl (C=O) groups is 1. The molecule has 136 valence electrons. The van der Waals surface area contributed by atoms with Crippen LogP contribution in [0.2, 0.25) is 0 Å². The molecular weight excluding hydrogens is 332 g/mol. The minimum Gasteiger partial charge on any atom is -0.316 e. The quantitative estimate of drug-likeness (QED) is 0.523. The summed E-state index contributed by atoms with van der Waals surface area (Å²) < 4.78 is 0. The summed E-state index contributed by atoms with van der Waals surface area (Å²) in [4.78, 5) is 18.1. The van der Waals surface area contributed by atoms with Gasteiger partial charge in [-0.3, -0.25) is 4.79 Å². The molecule has 0 amide bonds. The van der Waals surface area contributed by atoms with Gasteiger partial charge in [-0.05, 0) is 36.9 Å². The molecule has 2 atom stereocenters. The van der Waals surface area contributed by atoms with Crippen molar-refractivity contribution in [2.45, 2.75) is 12.8 Å². The standard InChI is InChI=1S/C24H24N2O/c1-2-17-16-25-13-12-19(17)14-24(27)21-15-23(18-8-4-3-5-9-18)26-22-11-7-6-10-20(21)22/h2-11,15,17,19,25H,1,12-14,16H2. The Bertz CT molecular complexity index is 965. The molecule has 2 heterocycles. The number of piperidine rings is 1. The minimum atomic E-state index is 0.199. The Labute approximate surface area is 160 Å². The molecule has 3 heteroatoms. The maximum atomic E-state index is 13.3. The first-order chi connectivity index (χ1) is 13.3. The number of fused-ring (bicyclic) bond motifs is 1. The van der Waals surface area contributed by atoms with Gasteiger partial charge >= 0.3 is 0 Å². The highest BCUT2D eigenvalue weighted by Crippen LogP contribution is 2.29. The summed E-state index contributed by atoms with van der Waals surface area (Å²) in [6.07, 6.45) is 3.56. The minimum absolute atomic E-state index is 0.199. The Morgan fingerprint density at radius 3 is 2.74 bits per heavy atom. The SMILES string of the molecule is C=CC1CNCCC1CC(=O)c1cc(-c2ccccc2)nc2ccccc12. The zero-order valence-corrected chi connectivity index (χ0v) is 15.4. The van der Waals surface area contributed by atoms with E-state index in [0.29, 0.717) is 18.3 Å². The number of benzene rings is 2. The molecular formula is C24H24N2O. The van der Waals surface area contributed by atoms with Gasteiger partial charge in [-0.2, -0.15) is 0 Å². The second kappa shape index (κ2) is 7.85. The fourth-order valence-electron chi connectivity index (χ4n) is 3.98. The first kappa shape index (κ1) is 17.6. The summed E-state index contributed by atoms with van der Waals surface area (Å²) in [5, 5.41) is 4.33. The van der Waals surface area contributed by atoms with Gasteiger partial charge in [0, 0.05) is 29.5 Å². The van der Waals surface area contributed by atoms with Crippen LogP contribution >= 0.6 is 0 Å². The van der Waals surface area contributed by atoms with Crippen LogP contribution < -0.4 is 5.32 Å². The summed E-state index contributed by atoms with van der Waals surface area (Å²) in [6, 6.07) is 19.9. The predicted octanol–water partition coefficient (Wildman–Crippen LogP) is 4.89. The lowest BCUT2D eigenvalue weighted by Gasteiger charge is -2.29. The monoisotopic (exact) mass is 356 g/mol. The van der Waals surface area contributed by atoms with Gasteiger partial charge in [-0.25, -0.2) is 4.98 Å². The van der Waals surface area contributed by atoms with Crippen molar-refractivity contribution in [3.8, 4) is 11.3 Å². The molecule has 0 radical (unpaired) electrons. The Morgan fingerprint density at radius 1 is 1.15 bits per heavy atom. The molecule has 1 fully saturated rings. The molecule has 27 heavy (non-hydrogen) atoms. The fourth-order valence-corrected chi connectivity index (χ4v) is 3.98. The number of rotatable bonds is 5. The van der Waals surface area contributed by atoms with Gasteiger partial charge in [0.2, 0.25) is 0 Å². The number of ketones is 1. The second-order valence-corrected chi connectivity index (χ2v) is 7.22. The van der Waals surface area contributed by atoms with Crippen molar-refractivity contribution in [2.24, 2.45) is 11.8 Å². The summed E-state index contributed by atoms with van der Waals surface area (Å²) in [6.45, 7) is 5.83. The molecule has 0 spiro atoms. The van der Waals surface area contributed by atoms with E-state index < -0.39 is 0 Å². The molecule has 1 N–H and O–H groups in total. The fraction of sp³-hybridized carbons (Fsp3) is 0.250. The predicted molar refractivity (Wildman–Crippen MR) is 111 cm³/mol. The lowest BCUT2D eigenvalue weighted by atomic mass is 9.81. The molecule has 4 rings (SSSR count). The van der Waals surface area contributed by atoms with Crippen LogP contribution in [0, 0.1) is 11.8 Å². The van der Waals surface area contributed by atoms with E-state index in [1.807, 2.05) is 66.7 Å². The van der Waals surface area contributed by atoms with E-state index in [1.165, 1.54) is 0 Å². The molecule has 2 aromatic carbocycles. The maximum absolute atomic E-state index is 13.3. The number of Topliss-reactive ketones (excluding diaryl/α,β-unsaturated/α-hetero) is 1. The smallest absolute Gasteiger partial charge is 0.163 e. The van der Waals surface area contributed by atoms with Gasteiger partial charge in [0.15, 0.2) is 5.78 Å². The Kier molecular flexibility index (Phi) is 5.12. The molecule has 2 unspecified atom stereocenters. The lowest BCUT2D eigenvalue weighted by Crippen LogP contribution is -2.36. The average molecular weight is 356 g/mol. The van der Waals surface area contributed by atoms with Gasteiger partial charge in [-0.15, -0.1) is 6.58 Å². The van der Waals surface area contributed by atoms with Gasteiger partial charge in [0.1, 0.15) is 0 Å². The molecule has 3 nitrogen and oxygen atoms in total. The van der Waals surface area contributed by atoms with Crippen LogP contribution in [0.1, 0.15) is 23.2 Å². The molecule has 1 saturated heterocycles. The van der Waals surface area contributed by atoms with Crippen molar-refractivity contribution < 1.29 is 4.79 Å². The summed E-state index contributed by atoms with van der Waals surface area (Å²) in [5.41, 5.74) is 3.53. The number of para-hydroxylation sites is 1. The molecule has 0 saturated carbocycles. The summed E-state index contributed by atoms with van der Waals surface area (Å²) in [5.74, 6) is 0.900. The number of hydrogen-bond donors (Lipinski definition) is 1. The van der Waals surface area contributed by atoms with Crippen LogP contribution in [0.3, 0.4) is 0 Å². The van der Waals surface area contributed by atoms with Crippen molar-refractivity contribution in [1.29, 1.82) is 0 Å². The van der Waals surface area contributed by atoms with Crippen molar-refractivity contribution >= 4 is 16.7 Å². The number of nitrogens with one attached hydrogen (secondary N) is 1. The average Bonchev–Trinajstić information content (AvgIpc) is 2.74. The third kappa shape index (κ3) is 3.69. The van der Waals surface area contributed by atoms with Crippen molar-refractivity contribution in [2.75, 3.05) is 13.1 Å². The van der Waals surface area contributed by atoms with E-state index in [1.54, 1.807) is 0 Å². The lowest BCUT2D eigenvalue weighted by molar-refractivity contribution is 0.0941. The van der Waals surface area contributed by atoms with Crippen molar-refractivity contribution in [3.63, 3.8) is 0 Å². The van der Waals surface area contributed by atoms with E-state index in [4.69, 9.17) is 4.98 Å². The van der Waals surface area contributed by atoms with E-state index >= 15 is 0 Å². The van der Waals surface area contributed by atoms with E-state index in [0.717, 1.165) is 47.2 Å². The highest BCUT2D eigenvalue weighted by atomic mass is 16.1. The Balaban J connectivity index is 1.73. The largest absolute Gasteiger partial charge is 0.316 e. The van der Waals surface area contributed by atoms with Crippen LogP contribution in [-0.2, 0) is 0 Å². The molecule has 0 aliphatic carbocycles. The first-order valence-corrected chi connectivity index (χ1v) is 9.58. The van der Waals surface area contributed by atoms with Crippen LogP contribution in [-0.4, -0.2) is 23.9 Å². The number of hydrogen-bond acceptors (Lipinski definition) is 3. The van der Waals surface area contributed by atoms with Crippen LogP contribution in [0.15, 0.2) is 73.3 Å². The Hall–Kier alpha value is -2.78. The number of aromatic nitrogens is 1. The highest BCUT2D eigenvalue weighted by molar-refractivity contribution is 6.08. The van der Waals surface area contributed by atoms with Crippen LogP contribution in [0.4, 0.5) is 0 Å². The van der Waals surface area contributed by atoms with Gasteiger partial charge in [0.25, 0.3) is 0 Å². The maximum Gasteiger partial charge on any atom is 0.163 e. The van der Waals surface area contributed by atoms with Gasteiger partial charge in [-0.1, -0.05) is 54.6 Å². The summed E-state index contributed by atoms with van der Waals surface area (Å²) >= 11 is 0. The van der Waals surface area contributed by atoms with Gasteiger partial charge < -0.3 is 5.32 Å². The number of nitrogens with zero attached hydrogens (tertiary/aromatic N) is 1. The Morgan fingerprint density at radius 2 is 1.93 bits per heavy atom. The zero-order valence-electron chi connectivity index (χ0n) is 15.4. The zero-order chi connectivity index (χ0) is 18.6. The van der Waals surface area contributed by atoms with Crippen molar-refractivity contribution in [3.05, 3.63) is 78.9 Å². The first-order valence-electron chi connectivity index (χ1n) is 9.58. The van der Waals surface area contributed by atoms with Crippen LogP contribution in [0.5, 0.6) is 0 Å². The molecule has 1 aliphatic rings. The molecule has 1 aromatic heterocycles. The van der Waals surface area contributed by atoms with E-state index in [2.05, 4.69) is 11.9 Å². The second-order valence-electron chi connectivity index (χ2n) is 7.22. The molecule has 0 bridgehead atoms. The normalized spacial score (nSPS) is 19.7. The summed E-state index contributed by atoms with van der Waals surface area (Å²) in [7, 11) is 0. The van der Waals surface area contributed by atoms with Crippen LogP contribution in [0.25, 0.3) is 22.2 Å². The highest BCUT2D eigenvalue weighted by Gasteiger charge is 2.26. The van der Waals surface area contributed by atoms with E-state index in [9.17, 15) is 4.79 Å². The molecule has 3 aromatic rings. The topological polar surface area (TPSA) is 42.0 Å². The third-order valence-corrected chi connectivity index (χ3v) is 5.51. The molecule has 1 aliphatic heterocycles. The third-order valence-electron chi connectivity index (χ3n) is 5.51. The van der Waals surface area contributed by atoms with Crippen molar-refractivity contribution in [1.82, 2.24) is 10.3 Å².